The van der Waals surface area contributed by atoms with Crippen molar-refractivity contribution in [1.82, 2.24) is 9.80 Å². The molecule has 3 rings (SSSR count). The fourth-order valence-electron chi connectivity index (χ4n) is 4.87. The highest BCUT2D eigenvalue weighted by atomic mass is 35.5. The summed E-state index contributed by atoms with van der Waals surface area (Å²) in [5.74, 6) is 6.33. The van der Waals surface area contributed by atoms with Gasteiger partial charge in [-0.15, -0.1) is 0 Å². The zero-order chi connectivity index (χ0) is 31.6. The molecule has 0 radical (unpaired) electrons. The first kappa shape index (κ1) is 36.5. The molecular weight excluding hydrogens is 607 g/mol. The highest BCUT2D eigenvalue weighted by Crippen LogP contribution is 2.27. The van der Waals surface area contributed by atoms with Crippen LogP contribution in [0.1, 0.15) is 30.0 Å². The molecule has 12 heteroatoms. The van der Waals surface area contributed by atoms with Crippen LogP contribution < -0.4 is 10.9 Å². The van der Waals surface area contributed by atoms with Crippen molar-refractivity contribution in [2.45, 2.75) is 25.3 Å². The van der Waals surface area contributed by atoms with E-state index in [4.69, 9.17) is 52.7 Å². The summed E-state index contributed by atoms with van der Waals surface area (Å²) in [7, 11) is 3.52. The summed E-state index contributed by atoms with van der Waals surface area (Å²) in [5, 5.41) is 2.60. The number of rotatable bonds is 22. The van der Waals surface area contributed by atoms with Crippen LogP contribution in [0.5, 0.6) is 0 Å². The van der Waals surface area contributed by atoms with Crippen molar-refractivity contribution >= 4 is 34.8 Å². The molecule has 0 aromatic heterocycles. The van der Waals surface area contributed by atoms with Crippen LogP contribution in [0, 0.1) is 0 Å². The molecule has 1 amide bonds. The maximum atomic E-state index is 13.4. The number of benzene rings is 2. The lowest BCUT2D eigenvalue weighted by atomic mass is 10.0. The first-order valence-electron chi connectivity index (χ1n) is 15.2. The van der Waals surface area contributed by atoms with Crippen molar-refractivity contribution in [2.24, 2.45) is 5.84 Å². The van der Waals surface area contributed by atoms with E-state index >= 15 is 0 Å². The zero-order valence-corrected chi connectivity index (χ0v) is 27.6. The molecular formula is C32H48Cl2N4O6. The number of ether oxygens (including phenoxy) is 5. The largest absolute Gasteiger partial charge is 0.382 e. The Morgan fingerprint density at radius 1 is 0.841 bits per heavy atom. The predicted octanol–water partition coefficient (Wildman–Crippen LogP) is 4.22. The molecule has 2 N–H and O–H groups in total. The summed E-state index contributed by atoms with van der Waals surface area (Å²) in [4.78, 5) is 17.6. The number of likely N-dealkylation sites (tertiary alicyclic amines) is 1. The third-order valence-corrected chi connectivity index (χ3v) is 8.20. The molecule has 1 unspecified atom stereocenters. The van der Waals surface area contributed by atoms with Crippen LogP contribution in [0.2, 0.25) is 10.0 Å². The number of hydrazine groups is 1. The number of methoxy groups -OCH3 is 1. The van der Waals surface area contributed by atoms with Gasteiger partial charge in [0.15, 0.2) is 0 Å². The van der Waals surface area contributed by atoms with E-state index in [1.165, 1.54) is 12.8 Å². The van der Waals surface area contributed by atoms with Gasteiger partial charge in [-0.25, -0.2) is 5.84 Å². The number of carbonyl (C=O) groups is 1. The van der Waals surface area contributed by atoms with Crippen LogP contribution in [-0.2, 0) is 34.9 Å². The summed E-state index contributed by atoms with van der Waals surface area (Å²) in [6, 6.07) is 13.3. The van der Waals surface area contributed by atoms with Gasteiger partial charge in [0, 0.05) is 20.7 Å². The van der Waals surface area contributed by atoms with E-state index in [-0.39, 0.29) is 18.4 Å². The quantitative estimate of drug-likeness (QED) is 0.114. The SMILES string of the molecule is COCCOCCOCCOCCOCCN(N)c1ccc(C(CN2CCCC2)N(C)C(=O)Cc2ccc(Cl)c(Cl)c2)cc1. The lowest BCUT2D eigenvalue weighted by Crippen LogP contribution is -2.39. The smallest absolute Gasteiger partial charge is 0.227 e. The van der Waals surface area contributed by atoms with Crippen LogP contribution in [-0.4, -0.2) is 116 Å². The normalized spacial score (nSPS) is 14.2. The van der Waals surface area contributed by atoms with E-state index in [9.17, 15) is 4.79 Å². The van der Waals surface area contributed by atoms with Crippen molar-refractivity contribution < 1.29 is 28.5 Å². The predicted molar refractivity (Wildman–Crippen MR) is 174 cm³/mol. The van der Waals surface area contributed by atoms with E-state index in [1.54, 1.807) is 24.3 Å². The van der Waals surface area contributed by atoms with Crippen LogP contribution in [0.15, 0.2) is 42.5 Å². The summed E-state index contributed by atoms with van der Waals surface area (Å²) in [5.41, 5.74) is 2.78. The van der Waals surface area contributed by atoms with Gasteiger partial charge in [0.2, 0.25) is 5.91 Å². The standard InChI is InChI=1S/C32H48Cl2N4O6/c1-36(32(39)24-26-5-10-29(33)30(34)23-26)31(25-37-11-3-4-12-37)27-6-8-28(9-7-27)38(35)13-14-41-17-18-43-21-22-44-20-19-42-16-15-40-2/h5-10,23,31H,3-4,11-22,24-25,35H2,1-2H3. The fourth-order valence-corrected chi connectivity index (χ4v) is 5.19. The number of likely N-dealkylation sites (N-methyl/N-ethyl adjacent to an activating group) is 1. The van der Waals surface area contributed by atoms with E-state index in [0.717, 1.165) is 36.4 Å². The van der Waals surface area contributed by atoms with Gasteiger partial charge in [-0.3, -0.25) is 4.79 Å². The summed E-state index contributed by atoms with van der Waals surface area (Å²) < 4.78 is 26.9. The van der Waals surface area contributed by atoms with Gasteiger partial charge in [-0.05, 0) is 61.3 Å². The van der Waals surface area contributed by atoms with Gasteiger partial charge >= 0.3 is 0 Å². The van der Waals surface area contributed by atoms with E-state index in [2.05, 4.69) is 17.0 Å². The van der Waals surface area contributed by atoms with Crippen LogP contribution >= 0.6 is 23.2 Å². The minimum Gasteiger partial charge on any atom is -0.382 e. The Balaban J connectivity index is 1.40. The number of nitrogens with two attached hydrogens (primary N) is 1. The number of nitrogens with zero attached hydrogens (tertiary/aromatic N) is 3. The first-order valence-corrected chi connectivity index (χ1v) is 16.0. The molecule has 1 heterocycles. The highest BCUT2D eigenvalue weighted by Gasteiger charge is 2.26. The Morgan fingerprint density at radius 2 is 1.41 bits per heavy atom. The number of hydrogen-bond donors (Lipinski definition) is 1. The average Bonchev–Trinajstić information content (AvgIpc) is 3.55. The first-order chi connectivity index (χ1) is 21.4. The van der Waals surface area contributed by atoms with Crippen molar-refractivity contribution in [3.05, 3.63) is 63.6 Å². The number of halogens is 2. The molecule has 0 bridgehead atoms. The van der Waals surface area contributed by atoms with E-state index in [1.807, 2.05) is 30.1 Å². The monoisotopic (exact) mass is 654 g/mol. The molecule has 1 aliphatic heterocycles. The second-order valence-corrected chi connectivity index (χ2v) is 11.5. The van der Waals surface area contributed by atoms with Crippen molar-refractivity contribution in [3.63, 3.8) is 0 Å². The molecule has 0 saturated carbocycles. The molecule has 2 aromatic carbocycles. The number of carbonyl (C=O) groups excluding carboxylic acids is 1. The maximum absolute atomic E-state index is 13.4. The summed E-state index contributed by atoms with van der Waals surface area (Å²) in [6.07, 6.45) is 2.62. The van der Waals surface area contributed by atoms with Crippen molar-refractivity contribution in [3.8, 4) is 0 Å². The molecule has 44 heavy (non-hydrogen) atoms. The minimum atomic E-state index is -0.0911. The number of anilines is 1. The van der Waals surface area contributed by atoms with Gasteiger partial charge in [0.1, 0.15) is 0 Å². The second kappa shape index (κ2) is 20.9. The highest BCUT2D eigenvalue weighted by molar-refractivity contribution is 6.42. The van der Waals surface area contributed by atoms with Gasteiger partial charge in [0.25, 0.3) is 0 Å². The van der Waals surface area contributed by atoms with Crippen molar-refractivity contribution in [2.75, 3.05) is 105 Å². The lowest BCUT2D eigenvalue weighted by Gasteiger charge is -2.32. The Bertz CT molecular complexity index is 1090. The fraction of sp³-hybridized carbons (Fsp3) is 0.594. The Labute approximate surface area is 272 Å². The molecule has 0 spiro atoms. The van der Waals surface area contributed by atoms with Crippen molar-refractivity contribution in [1.29, 1.82) is 0 Å². The maximum Gasteiger partial charge on any atom is 0.227 e. The Morgan fingerprint density at radius 3 is 1.98 bits per heavy atom. The zero-order valence-electron chi connectivity index (χ0n) is 26.1. The Kier molecular flexibility index (Phi) is 17.3. The van der Waals surface area contributed by atoms with Crippen LogP contribution in [0.4, 0.5) is 5.69 Å². The Hall–Kier alpha value is -1.99. The average molecular weight is 656 g/mol. The van der Waals surface area contributed by atoms with E-state index in [0.29, 0.717) is 76.1 Å². The third kappa shape index (κ3) is 13.2. The lowest BCUT2D eigenvalue weighted by molar-refractivity contribution is -0.131. The minimum absolute atomic E-state index is 0.0223. The molecule has 2 aromatic rings. The van der Waals surface area contributed by atoms with Crippen LogP contribution in [0.3, 0.4) is 0 Å². The molecule has 1 fully saturated rings. The second-order valence-electron chi connectivity index (χ2n) is 10.7. The molecule has 1 aliphatic rings. The molecule has 10 nitrogen and oxygen atoms in total. The molecule has 0 aliphatic carbocycles. The van der Waals surface area contributed by atoms with Gasteiger partial charge in [0.05, 0.1) is 94.2 Å². The summed E-state index contributed by atoms with van der Waals surface area (Å²) in [6.45, 7) is 8.10. The third-order valence-electron chi connectivity index (χ3n) is 7.46. The van der Waals surface area contributed by atoms with Gasteiger partial charge in [-0.2, -0.15) is 0 Å². The van der Waals surface area contributed by atoms with E-state index < -0.39 is 0 Å². The molecule has 1 atom stereocenters. The molecule has 1 saturated heterocycles. The van der Waals surface area contributed by atoms with Crippen LogP contribution in [0.25, 0.3) is 0 Å². The molecule has 246 valence electrons. The van der Waals surface area contributed by atoms with Gasteiger partial charge in [-0.1, -0.05) is 41.4 Å². The topological polar surface area (TPSA) is 99.0 Å². The summed E-state index contributed by atoms with van der Waals surface area (Å²) >= 11 is 12.2. The number of amides is 1. The van der Waals surface area contributed by atoms with Gasteiger partial charge < -0.3 is 38.5 Å². The number of hydrogen-bond acceptors (Lipinski definition) is 9.